The lowest BCUT2D eigenvalue weighted by Gasteiger charge is -2.62. The smallest absolute Gasteiger partial charge is 0.305 e. The van der Waals surface area contributed by atoms with E-state index in [2.05, 4.69) is 43.8 Å². The Kier molecular flexibility index (Phi) is 7.07. The molecule has 0 aromatic heterocycles. The highest BCUT2D eigenvalue weighted by molar-refractivity contribution is 5.69. The highest BCUT2D eigenvalue weighted by Crippen LogP contribution is 2.72. The predicted octanol–water partition coefficient (Wildman–Crippen LogP) is 6.79. The fourth-order valence-electron chi connectivity index (χ4n) is 9.91. The van der Waals surface area contributed by atoms with Gasteiger partial charge in [-0.2, -0.15) is 10.2 Å². The zero-order valence-electron chi connectivity index (χ0n) is 23.0. The van der Waals surface area contributed by atoms with Crippen LogP contribution >= 0.6 is 0 Å². The van der Waals surface area contributed by atoms with Crippen molar-refractivity contribution in [1.29, 1.82) is 0 Å². The summed E-state index contributed by atoms with van der Waals surface area (Å²) in [6, 6.07) is 0. The first-order valence-corrected chi connectivity index (χ1v) is 14.8. The molecule has 36 heavy (non-hydrogen) atoms. The Morgan fingerprint density at radius 1 is 1.08 bits per heavy atom. The molecule has 1 heterocycles. The van der Waals surface area contributed by atoms with E-state index in [-0.39, 0.29) is 23.2 Å². The van der Waals surface area contributed by atoms with Crippen molar-refractivity contribution in [2.45, 2.75) is 117 Å². The van der Waals surface area contributed by atoms with E-state index in [1.165, 1.54) is 25.7 Å². The molecule has 0 bridgehead atoms. The first-order valence-electron chi connectivity index (χ1n) is 14.8. The van der Waals surface area contributed by atoms with Crippen molar-refractivity contribution in [1.82, 2.24) is 0 Å². The second kappa shape index (κ2) is 9.72. The zero-order valence-corrected chi connectivity index (χ0v) is 23.0. The first-order chi connectivity index (χ1) is 17.1. The Balaban J connectivity index is 1.20. The molecule has 5 nitrogen and oxygen atoms in total. The fraction of sp³-hybridized carbons (Fsp3) is 0.903. The Morgan fingerprint density at radius 3 is 2.53 bits per heavy atom. The van der Waals surface area contributed by atoms with Gasteiger partial charge in [0.05, 0.1) is 12.7 Å². The maximum atomic E-state index is 12.4. The highest BCUT2D eigenvalue weighted by atomic mass is 16.5. The average molecular weight is 497 g/mol. The lowest BCUT2D eigenvalue weighted by Crippen LogP contribution is -2.59. The number of rotatable bonds is 8. The van der Waals surface area contributed by atoms with Gasteiger partial charge in [-0.25, -0.2) is 0 Å². The summed E-state index contributed by atoms with van der Waals surface area (Å²) in [5, 5.41) is 19.8. The van der Waals surface area contributed by atoms with Crippen molar-refractivity contribution in [2.24, 2.45) is 62.5 Å². The van der Waals surface area contributed by atoms with E-state index in [1.54, 1.807) is 0 Å². The molecule has 5 rings (SSSR count). The molecular formula is C31H48N2O3. The zero-order chi connectivity index (χ0) is 25.7. The summed E-state index contributed by atoms with van der Waals surface area (Å²) >= 11 is 0. The molecule has 0 aromatic rings. The van der Waals surface area contributed by atoms with Gasteiger partial charge < -0.3 is 9.84 Å². The summed E-state index contributed by atoms with van der Waals surface area (Å²) in [4.78, 5) is 12.4. The maximum absolute atomic E-state index is 12.4. The van der Waals surface area contributed by atoms with Crippen molar-refractivity contribution < 1.29 is 14.6 Å². The summed E-state index contributed by atoms with van der Waals surface area (Å²) in [5.74, 6) is 6.84. The van der Waals surface area contributed by atoms with Crippen LogP contribution in [0.15, 0.2) is 10.2 Å². The minimum atomic E-state index is -0.194. The van der Waals surface area contributed by atoms with E-state index >= 15 is 0 Å². The molecule has 1 spiro atoms. The SMILES string of the molecule is C#CCC(C)CCOC(=O)CC[C@@H](C)C1CCC2C3CC4(N=N4)[C@H]4C[C@@H](O)CC[C@]4(C)C3CC[C@@]21C. The number of carbonyl (C=O) groups is 1. The predicted molar refractivity (Wildman–Crippen MR) is 141 cm³/mol. The van der Waals surface area contributed by atoms with Crippen LogP contribution in [0.4, 0.5) is 0 Å². The van der Waals surface area contributed by atoms with E-state index < -0.39 is 0 Å². The third kappa shape index (κ3) is 4.44. The van der Waals surface area contributed by atoms with E-state index in [0.29, 0.717) is 48.0 Å². The molecule has 5 unspecified atom stereocenters. The van der Waals surface area contributed by atoms with Crippen LogP contribution in [0.5, 0.6) is 0 Å². The molecule has 10 atom stereocenters. The first kappa shape index (κ1) is 26.2. The summed E-state index contributed by atoms with van der Waals surface area (Å²) in [7, 11) is 0. The van der Waals surface area contributed by atoms with Crippen LogP contribution in [0.25, 0.3) is 0 Å². The van der Waals surface area contributed by atoms with Gasteiger partial charge >= 0.3 is 5.97 Å². The van der Waals surface area contributed by atoms with Gasteiger partial charge in [-0.15, -0.1) is 12.3 Å². The van der Waals surface area contributed by atoms with Crippen LogP contribution < -0.4 is 0 Å². The lowest BCUT2D eigenvalue weighted by atomic mass is 9.42. The van der Waals surface area contributed by atoms with Crippen LogP contribution in [0.3, 0.4) is 0 Å². The van der Waals surface area contributed by atoms with E-state index in [9.17, 15) is 9.90 Å². The van der Waals surface area contributed by atoms with E-state index in [0.717, 1.165) is 56.8 Å². The Hall–Kier alpha value is -1.41. The molecular weight excluding hydrogens is 448 g/mol. The third-order valence-corrected chi connectivity index (χ3v) is 12.0. The average Bonchev–Trinajstić information content (AvgIpc) is 3.51. The number of ether oxygens (including phenoxy) is 1. The Labute approximate surface area is 218 Å². The molecule has 1 aliphatic heterocycles. The molecule has 0 radical (unpaired) electrons. The number of carbonyl (C=O) groups excluding carboxylic acids is 1. The quantitative estimate of drug-likeness (QED) is 0.297. The highest BCUT2D eigenvalue weighted by Gasteiger charge is 2.69. The van der Waals surface area contributed by atoms with Crippen molar-refractivity contribution >= 4 is 5.97 Å². The van der Waals surface area contributed by atoms with Crippen LogP contribution in [0.1, 0.15) is 105 Å². The van der Waals surface area contributed by atoms with Gasteiger partial charge in [0.25, 0.3) is 0 Å². The molecule has 5 aliphatic rings. The molecule has 1 N–H and O–H groups in total. The Morgan fingerprint density at radius 2 is 1.81 bits per heavy atom. The van der Waals surface area contributed by atoms with E-state index in [4.69, 9.17) is 11.2 Å². The number of aliphatic hydroxyl groups is 1. The maximum Gasteiger partial charge on any atom is 0.305 e. The monoisotopic (exact) mass is 496 g/mol. The van der Waals surface area contributed by atoms with Gasteiger partial charge in [0.1, 0.15) is 0 Å². The molecule has 0 saturated heterocycles. The molecule has 0 amide bonds. The van der Waals surface area contributed by atoms with E-state index in [1.807, 2.05) is 0 Å². The van der Waals surface area contributed by atoms with Crippen molar-refractivity contribution in [2.75, 3.05) is 6.61 Å². The Bertz CT molecular complexity index is 904. The van der Waals surface area contributed by atoms with Crippen molar-refractivity contribution in [3.8, 4) is 12.3 Å². The second-order valence-corrected chi connectivity index (χ2v) is 13.9. The van der Waals surface area contributed by atoms with Gasteiger partial charge in [0.2, 0.25) is 0 Å². The summed E-state index contributed by atoms with van der Waals surface area (Å²) < 4.78 is 5.53. The molecule has 0 aromatic carbocycles. The standard InChI is InChI=1S/C31H48N2O3/c1-6-7-20(2)14-17-36-28(35)11-8-21(3)24-9-10-25-23-19-31(32-33-31)27-18-22(34)12-15-30(27,5)26(23)13-16-29(24,25)4/h1,20-27,34H,7-19H2,2-5H3/t20?,21-,22+,23?,24?,25?,26?,27+,29-,30-/m1/s1. The van der Waals surface area contributed by atoms with Crippen LogP contribution in [-0.4, -0.2) is 29.4 Å². The minimum absolute atomic E-state index is 0.0530. The molecule has 4 aliphatic carbocycles. The number of nitrogens with zero attached hydrogens (tertiary/aromatic N) is 2. The summed E-state index contributed by atoms with van der Waals surface area (Å²) in [5.41, 5.74) is 0.418. The number of hydrogen-bond donors (Lipinski definition) is 1. The van der Waals surface area contributed by atoms with Gasteiger partial charge in [-0.3, -0.25) is 4.79 Å². The second-order valence-electron chi connectivity index (χ2n) is 13.9. The lowest BCUT2D eigenvalue weighted by molar-refractivity contribution is -0.147. The number of esters is 1. The molecule has 4 fully saturated rings. The molecule has 200 valence electrons. The van der Waals surface area contributed by atoms with Crippen LogP contribution in [0, 0.1) is 64.6 Å². The normalized spacial score (nSPS) is 43.6. The van der Waals surface area contributed by atoms with Gasteiger partial charge in [0, 0.05) is 25.2 Å². The molecule has 5 heteroatoms. The van der Waals surface area contributed by atoms with Crippen LogP contribution in [-0.2, 0) is 9.53 Å². The number of fused-ring (bicyclic) bond motifs is 6. The van der Waals surface area contributed by atoms with Gasteiger partial charge in [-0.1, -0.05) is 27.7 Å². The van der Waals surface area contributed by atoms with Gasteiger partial charge in [0.15, 0.2) is 5.66 Å². The largest absolute Gasteiger partial charge is 0.466 e. The van der Waals surface area contributed by atoms with Crippen LogP contribution in [0.2, 0.25) is 0 Å². The number of hydrogen-bond acceptors (Lipinski definition) is 5. The topological polar surface area (TPSA) is 71.2 Å². The summed E-state index contributed by atoms with van der Waals surface area (Å²) in [6.45, 7) is 10.1. The van der Waals surface area contributed by atoms with Gasteiger partial charge in [-0.05, 0) is 104 Å². The summed E-state index contributed by atoms with van der Waals surface area (Å²) in [6.07, 6.45) is 17.5. The van der Waals surface area contributed by atoms with Crippen molar-refractivity contribution in [3.63, 3.8) is 0 Å². The number of terminal acetylenes is 1. The molecule has 4 saturated carbocycles. The minimum Gasteiger partial charge on any atom is -0.466 e. The fourth-order valence-corrected chi connectivity index (χ4v) is 9.91. The van der Waals surface area contributed by atoms with Crippen molar-refractivity contribution in [3.05, 3.63) is 0 Å². The third-order valence-electron chi connectivity index (χ3n) is 12.0. The number of aliphatic hydroxyl groups excluding tert-OH is 1.